The van der Waals surface area contributed by atoms with Gasteiger partial charge in [-0.15, -0.1) is 0 Å². The second-order valence-corrected chi connectivity index (χ2v) is 10.7. The van der Waals surface area contributed by atoms with Crippen molar-refractivity contribution >= 4 is 32.3 Å². The van der Waals surface area contributed by atoms with Gasteiger partial charge in [0.25, 0.3) is 5.56 Å². The number of sulfonamides is 1. The highest BCUT2D eigenvalue weighted by atomic mass is 32.2. The Hall–Kier alpha value is -2.78. The van der Waals surface area contributed by atoms with Crippen molar-refractivity contribution in [3.05, 3.63) is 47.0 Å². The number of aryl methyl sites for hydroxylation is 1. The Balaban J connectivity index is 1.65. The lowest BCUT2D eigenvalue weighted by Gasteiger charge is -2.56. The molecule has 2 aliphatic rings. The maximum atomic E-state index is 12.8. The number of nitrogens with zero attached hydrogens (tertiary/aromatic N) is 2. The molecule has 0 radical (unpaired) electrons. The molecule has 0 bridgehead atoms. The summed E-state index contributed by atoms with van der Waals surface area (Å²) in [4.78, 5) is 17.9. The monoisotopic (exact) mass is 459 g/mol. The van der Waals surface area contributed by atoms with Gasteiger partial charge in [0.15, 0.2) is 0 Å². The van der Waals surface area contributed by atoms with Crippen LogP contribution >= 0.6 is 0 Å². The molecule has 8 nitrogen and oxygen atoms in total. The molecule has 1 aromatic carbocycles. The Bertz CT molecular complexity index is 1430. The normalized spacial score (nSPS) is 19.2. The number of anilines is 2. The molecule has 0 unspecified atom stereocenters. The fourth-order valence-corrected chi connectivity index (χ4v) is 5.78. The number of aromatic amines is 1. The van der Waals surface area contributed by atoms with Crippen molar-refractivity contribution in [3.8, 4) is 11.1 Å². The Labute approximate surface area is 191 Å². The number of fused-ring (bicyclic) bond motifs is 1. The molecule has 9 heteroatoms. The third-order valence-electron chi connectivity index (χ3n) is 6.26. The fourth-order valence-electron chi connectivity index (χ4n) is 4.53. The molecule has 3 aromatic rings. The summed E-state index contributed by atoms with van der Waals surface area (Å²) in [6.45, 7) is 2.25. The summed E-state index contributed by atoms with van der Waals surface area (Å²) in [5.74, 6) is 0.0151. The Morgan fingerprint density at radius 2 is 2.06 bits per heavy atom. The quantitative estimate of drug-likeness (QED) is 0.566. The minimum Gasteiger partial charge on any atom is -0.380 e. The van der Waals surface area contributed by atoms with E-state index in [1.165, 1.54) is 6.20 Å². The van der Waals surface area contributed by atoms with Gasteiger partial charge in [0.2, 0.25) is 10.0 Å². The van der Waals surface area contributed by atoms with Crippen LogP contribution < -0.4 is 15.2 Å². The van der Waals surface area contributed by atoms with E-state index in [4.69, 9.17) is 8.85 Å². The molecule has 5 rings (SSSR count). The van der Waals surface area contributed by atoms with Crippen LogP contribution in [0, 0.1) is 5.41 Å². The molecular formula is C23H28N4O4S. The summed E-state index contributed by atoms with van der Waals surface area (Å²) in [6, 6.07) is 7.02. The number of benzene rings is 1. The van der Waals surface area contributed by atoms with E-state index in [-0.39, 0.29) is 16.7 Å². The predicted molar refractivity (Wildman–Crippen MR) is 127 cm³/mol. The third kappa shape index (κ3) is 3.59. The third-order valence-corrected chi connectivity index (χ3v) is 7.64. The average Bonchev–Trinajstić information content (AvgIpc) is 3.21. The molecular weight excluding hydrogens is 428 g/mol. The smallest absolute Gasteiger partial charge is 0.274 e. The Morgan fingerprint density at radius 3 is 2.75 bits per heavy atom. The van der Waals surface area contributed by atoms with Crippen molar-refractivity contribution in [3.63, 3.8) is 0 Å². The number of H-pyrrole nitrogens is 1. The molecule has 2 N–H and O–H groups in total. The summed E-state index contributed by atoms with van der Waals surface area (Å²) in [7, 11) is -3.54. The molecule has 170 valence electrons. The highest BCUT2D eigenvalue weighted by molar-refractivity contribution is 7.92. The van der Waals surface area contributed by atoms with Gasteiger partial charge < -0.3 is 19.2 Å². The zero-order valence-electron chi connectivity index (χ0n) is 20.8. The van der Waals surface area contributed by atoms with E-state index >= 15 is 0 Å². The van der Waals surface area contributed by atoms with Gasteiger partial charge in [-0.1, -0.05) is 13.3 Å². The van der Waals surface area contributed by atoms with Gasteiger partial charge in [0.05, 0.1) is 24.4 Å². The molecule has 0 atom stereocenters. The van der Waals surface area contributed by atoms with Crippen LogP contribution in [-0.2, 0) is 21.7 Å². The van der Waals surface area contributed by atoms with Gasteiger partial charge in [-0.2, -0.15) is 0 Å². The maximum absolute atomic E-state index is 12.8. The van der Waals surface area contributed by atoms with Crippen LogP contribution in [0.4, 0.5) is 11.4 Å². The molecule has 0 aliphatic carbocycles. The number of unbranched alkanes of at least 4 members (excludes halogenated alkanes) is 1. The number of pyridine rings is 1. The molecule has 2 fully saturated rings. The Morgan fingerprint density at radius 1 is 1.25 bits per heavy atom. The van der Waals surface area contributed by atoms with Crippen LogP contribution in [0.5, 0.6) is 0 Å². The van der Waals surface area contributed by atoms with Crippen molar-refractivity contribution < 1.29 is 17.3 Å². The lowest BCUT2D eigenvalue weighted by Crippen LogP contribution is -2.66. The second-order valence-electron chi connectivity index (χ2n) is 8.84. The van der Waals surface area contributed by atoms with Crippen molar-refractivity contribution in [1.29, 1.82) is 0 Å². The van der Waals surface area contributed by atoms with E-state index < -0.39 is 22.6 Å². The largest absolute Gasteiger partial charge is 0.380 e. The first-order valence-electron chi connectivity index (χ1n) is 12.2. The molecule has 0 saturated carbocycles. The summed E-state index contributed by atoms with van der Waals surface area (Å²) < 4.78 is 57.5. The number of ether oxygens (including phenoxy) is 1. The standard InChI is InChI=1S/C23H28N4O4S/c1-3-4-9-32(29,30)25-16-5-6-20(27-12-23(13-27)14-31-15-23)18(10-16)19-11-26(2)22(28)21-17(19)7-8-24-21/h5-8,10-11,24-25H,3-4,9,12-15H2,1-2H3/i2D3. The van der Waals surface area contributed by atoms with Gasteiger partial charge in [0, 0.05) is 64.5 Å². The number of hydrogen-bond acceptors (Lipinski definition) is 5. The second kappa shape index (κ2) is 7.67. The molecule has 2 aliphatic heterocycles. The van der Waals surface area contributed by atoms with E-state index in [1.807, 2.05) is 13.0 Å². The highest BCUT2D eigenvalue weighted by Crippen LogP contribution is 2.45. The molecule has 0 amide bonds. The van der Waals surface area contributed by atoms with Gasteiger partial charge in [-0.05, 0) is 30.7 Å². The average molecular weight is 460 g/mol. The molecule has 4 heterocycles. The maximum Gasteiger partial charge on any atom is 0.274 e. The number of rotatable bonds is 7. The first-order valence-corrected chi connectivity index (χ1v) is 12.4. The van der Waals surface area contributed by atoms with Gasteiger partial charge in [-0.3, -0.25) is 9.52 Å². The lowest BCUT2D eigenvalue weighted by atomic mass is 9.77. The van der Waals surface area contributed by atoms with Crippen LogP contribution in [0.15, 0.2) is 41.5 Å². The number of nitrogens with one attached hydrogen (secondary N) is 2. The summed E-state index contributed by atoms with van der Waals surface area (Å²) in [5.41, 5.74) is 2.10. The van der Waals surface area contributed by atoms with Crippen molar-refractivity contribution in [2.24, 2.45) is 12.4 Å². The van der Waals surface area contributed by atoms with Crippen LogP contribution in [0.25, 0.3) is 22.0 Å². The van der Waals surface area contributed by atoms with Crippen LogP contribution in [0.1, 0.15) is 23.9 Å². The van der Waals surface area contributed by atoms with Crippen LogP contribution in [0.2, 0.25) is 0 Å². The summed E-state index contributed by atoms with van der Waals surface area (Å²) in [6.07, 6.45) is 4.25. The summed E-state index contributed by atoms with van der Waals surface area (Å²) in [5, 5.41) is 0.574. The van der Waals surface area contributed by atoms with E-state index in [1.54, 1.807) is 24.4 Å². The lowest BCUT2D eigenvalue weighted by molar-refractivity contribution is -0.127. The SMILES string of the molecule is [2H]C([2H])([2H])n1cc(-c2cc(NS(=O)(=O)CCCC)ccc2N2CC3(COC3)C2)c2cc[nH]c2c1=O. The van der Waals surface area contributed by atoms with E-state index in [0.717, 1.165) is 29.8 Å². The number of aromatic nitrogens is 2. The highest BCUT2D eigenvalue weighted by Gasteiger charge is 2.49. The van der Waals surface area contributed by atoms with E-state index in [9.17, 15) is 13.2 Å². The molecule has 2 aromatic heterocycles. The topological polar surface area (TPSA) is 96.4 Å². The molecule has 2 saturated heterocycles. The van der Waals surface area contributed by atoms with Crippen molar-refractivity contribution in [2.75, 3.05) is 41.7 Å². The zero-order chi connectivity index (χ0) is 25.0. The zero-order valence-corrected chi connectivity index (χ0v) is 18.7. The Kier molecular flexibility index (Phi) is 4.25. The van der Waals surface area contributed by atoms with Crippen molar-refractivity contribution in [2.45, 2.75) is 19.8 Å². The molecule has 1 spiro atoms. The minimum atomic E-state index is -3.54. The van der Waals surface area contributed by atoms with Gasteiger partial charge in [0.1, 0.15) is 5.52 Å². The van der Waals surface area contributed by atoms with Crippen LogP contribution in [0.3, 0.4) is 0 Å². The van der Waals surface area contributed by atoms with Crippen LogP contribution in [-0.4, -0.2) is 50.0 Å². The predicted octanol–water partition coefficient (Wildman–Crippen LogP) is 2.91. The van der Waals surface area contributed by atoms with Gasteiger partial charge in [-0.25, -0.2) is 8.42 Å². The first-order chi connectivity index (χ1) is 16.5. The van der Waals surface area contributed by atoms with Gasteiger partial charge >= 0.3 is 0 Å². The minimum absolute atomic E-state index is 0.0151. The first kappa shape index (κ1) is 17.7. The number of hydrogen-bond donors (Lipinski definition) is 2. The van der Waals surface area contributed by atoms with E-state index in [2.05, 4.69) is 14.6 Å². The fraction of sp³-hybridized carbons (Fsp3) is 0.435. The van der Waals surface area contributed by atoms with Crippen molar-refractivity contribution in [1.82, 2.24) is 9.55 Å². The molecule has 32 heavy (non-hydrogen) atoms. The summed E-state index contributed by atoms with van der Waals surface area (Å²) >= 11 is 0. The van der Waals surface area contributed by atoms with E-state index in [0.29, 0.717) is 41.8 Å².